The third-order valence-corrected chi connectivity index (χ3v) is 3.26. The van der Waals surface area contributed by atoms with Crippen LogP contribution in [0.3, 0.4) is 0 Å². The molecule has 0 bridgehead atoms. The third-order valence-electron chi connectivity index (χ3n) is 3.26. The van der Waals surface area contributed by atoms with Crippen molar-refractivity contribution >= 4 is 0 Å². The summed E-state index contributed by atoms with van der Waals surface area (Å²) >= 11 is 0. The molecule has 0 spiro atoms. The molecule has 0 saturated heterocycles. The smallest absolute Gasteiger partial charge is 0.162 e. The van der Waals surface area contributed by atoms with Crippen LogP contribution in [0, 0.1) is 5.92 Å². The minimum absolute atomic E-state index is 0.0230. The second-order valence-corrected chi connectivity index (χ2v) is 4.14. The van der Waals surface area contributed by atoms with Gasteiger partial charge in [-0.2, -0.15) is 0 Å². The Balaban J connectivity index is 2.64. The third kappa shape index (κ3) is 3.59. The van der Waals surface area contributed by atoms with Gasteiger partial charge in [0.05, 0.1) is 20.3 Å². The van der Waals surface area contributed by atoms with E-state index >= 15 is 0 Å². The molecule has 5 nitrogen and oxygen atoms in total. The summed E-state index contributed by atoms with van der Waals surface area (Å²) in [5, 5.41) is 1.40. The maximum absolute atomic E-state index is 13.9. The Kier molecular flexibility index (Phi) is 6.29. The lowest BCUT2D eigenvalue weighted by Gasteiger charge is -2.38. The van der Waals surface area contributed by atoms with Crippen LogP contribution < -0.4 is 0 Å². The van der Waals surface area contributed by atoms with Crippen LogP contribution in [0.2, 0.25) is 0 Å². The standard InChI is InChI=1S/C11H22FNO4/c1-14-11(15-2)9-7-8(5-6-10(9)12)13(16-3)17-4/h8-11H,5-7H2,1-4H3. The summed E-state index contributed by atoms with van der Waals surface area (Å²) < 4.78 is 24.1. The summed E-state index contributed by atoms with van der Waals surface area (Å²) in [7, 11) is 6.11. The summed E-state index contributed by atoms with van der Waals surface area (Å²) in [5.74, 6) is -0.295. The number of halogens is 1. The van der Waals surface area contributed by atoms with E-state index in [0.717, 1.165) is 0 Å². The molecule has 3 unspecified atom stereocenters. The Morgan fingerprint density at radius 3 is 2.12 bits per heavy atom. The van der Waals surface area contributed by atoms with Gasteiger partial charge in [0.15, 0.2) is 6.29 Å². The number of hydrogen-bond donors (Lipinski definition) is 0. The average molecular weight is 251 g/mol. The SMILES string of the molecule is COC(OC)C1CC(N(OC)OC)CCC1F. The van der Waals surface area contributed by atoms with E-state index in [1.165, 1.54) is 33.7 Å². The fourth-order valence-corrected chi connectivity index (χ4v) is 2.44. The van der Waals surface area contributed by atoms with Gasteiger partial charge in [-0.05, 0) is 19.3 Å². The van der Waals surface area contributed by atoms with Gasteiger partial charge in [0, 0.05) is 20.1 Å². The molecule has 1 saturated carbocycles. The minimum Gasteiger partial charge on any atom is -0.356 e. The number of alkyl halides is 1. The summed E-state index contributed by atoms with van der Waals surface area (Å²) in [6.07, 6.45) is 0.297. The zero-order valence-corrected chi connectivity index (χ0v) is 10.9. The van der Waals surface area contributed by atoms with Crippen LogP contribution in [0.5, 0.6) is 0 Å². The molecule has 0 aromatic heterocycles. The van der Waals surface area contributed by atoms with Crippen LogP contribution in [-0.2, 0) is 19.1 Å². The van der Waals surface area contributed by atoms with E-state index in [9.17, 15) is 4.39 Å². The second-order valence-electron chi connectivity index (χ2n) is 4.14. The molecule has 0 amide bonds. The van der Waals surface area contributed by atoms with Gasteiger partial charge >= 0.3 is 0 Å². The Bertz CT molecular complexity index is 212. The maximum Gasteiger partial charge on any atom is 0.162 e. The lowest BCUT2D eigenvalue weighted by molar-refractivity contribution is -0.371. The topological polar surface area (TPSA) is 40.2 Å². The first-order valence-electron chi connectivity index (χ1n) is 5.75. The van der Waals surface area contributed by atoms with Crippen LogP contribution >= 0.6 is 0 Å². The van der Waals surface area contributed by atoms with E-state index < -0.39 is 12.5 Å². The molecule has 6 heteroatoms. The van der Waals surface area contributed by atoms with Crippen molar-refractivity contribution in [1.82, 2.24) is 5.23 Å². The number of nitrogens with zero attached hydrogens (tertiary/aromatic N) is 1. The predicted octanol–water partition coefficient (Wildman–Crippen LogP) is 1.54. The molecule has 0 radical (unpaired) electrons. The molecule has 3 atom stereocenters. The molecule has 1 fully saturated rings. The highest BCUT2D eigenvalue weighted by atomic mass is 19.1. The van der Waals surface area contributed by atoms with Crippen molar-refractivity contribution in [2.75, 3.05) is 28.4 Å². The summed E-state index contributed by atoms with van der Waals surface area (Å²) in [4.78, 5) is 10.2. The van der Waals surface area contributed by atoms with Crippen molar-refractivity contribution in [2.45, 2.75) is 37.8 Å². The first-order valence-corrected chi connectivity index (χ1v) is 5.75. The molecular weight excluding hydrogens is 229 g/mol. The highest BCUT2D eigenvalue weighted by molar-refractivity contribution is 4.84. The number of rotatable bonds is 6. The average Bonchev–Trinajstić information content (AvgIpc) is 2.35. The van der Waals surface area contributed by atoms with E-state index in [-0.39, 0.29) is 12.0 Å². The summed E-state index contributed by atoms with van der Waals surface area (Å²) in [5.41, 5.74) is 0. The monoisotopic (exact) mass is 251 g/mol. The molecule has 102 valence electrons. The largest absolute Gasteiger partial charge is 0.356 e. The van der Waals surface area contributed by atoms with Crippen LogP contribution in [0.15, 0.2) is 0 Å². The van der Waals surface area contributed by atoms with Gasteiger partial charge in [-0.25, -0.2) is 4.39 Å². The van der Waals surface area contributed by atoms with Gasteiger partial charge in [-0.1, -0.05) is 5.23 Å². The minimum atomic E-state index is -0.910. The van der Waals surface area contributed by atoms with Crippen molar-refractivity contribution in [2.24, 2.45) is 5.92 Å². The Morgan fingerprint density at radius 2 is 1.65 bits per heavy atom. The van der Waals surface area contributed by atoms with Crippen molar-refractivity contribution in [3.63, 3.8) is 0 Å². The van der Waals surface area contributed by atoms with Crippen LogP contribution in [0.25, 0.3) is 0 Å². The highest BCUT2D eigenvalue weighted by Gasteiger charge is 2.39. The molecular formula is C11H22FNO4. The molecule has 17 heavy (non-hydrogen) atoms. The Hall–Kier alpha value is -0.270. The van der Waals surface area contributed by atoms with Gasteiger partial charge in [0.25, 0.3) is 0 Å². The molecule has 0 heterocycles. The fourth-order valence-electron chi connectivity index (χ4n) is 2.44. The van der Waals surface area contributed by atoms with Crippen LogP contribution in [0.4, 0.5) is 4.39 Å². The Morgan fingerprint density at radius 1 is 1.06 bits per heavy atom. The number of hydroxylamine groups is 2. The van der Waals surface area contributed by atoms with Crippen molar-refractivity contribution in [3.05, 3.63) is 0 Å². The van der Waals surface area contributed by atoms with Crippen LogP contribution in [0.1, 0.15) is 19.3 Å². The molecule has 0 N–H and O–H groups in total. The van der Waals surface area contributed by atoms with Gasteiger partial charge in [0.2, 0.25) is 0 Å². The zero-order valence-electron chi connectivity index (χ0n) is 10.9. The van der Waals surface area contributed by atoms with E-state index in [4.69, 9.17) is 19.1 Å². The Labute approximate surface area is 102 Å². The number of hydrogen-bond acceptors (Lipinski definition) is 5. The quantitative estimate of drug-likeness (QED) is 0.529. The molecule has 1 aliphatic carbocycles. The normalized spacial score (nSPS) is 30.2. The lowest BCUT2D eigenvalue weighted by atomic mass is 9.84. The number of methoxy groups -OCH3 is 2. The molecule has 1 rings (SSSR count). The molecule has 0 aliphatic heterocycles. The van der Waals surface area contributed by atoms with Gasteiger partial charge in [0.1, 0.15) is 6.17 Å². The summed E-state index contributed by atoms with van der Waals surface area (Å²) in [6, 6.07) is 0.0230. The van der Waals surface area contributed by atoms with Gasteiger partial charge in [-0.3, -0.25) is 9.68 Å². The summed E-state index contributed by atoms with van der Waals surface area (Å²) in [6.45, 7) is 0. The zero-order chi connectivity index (χ0) is 12.8. The van der Waals surface area contributed by atoms with Crippen LogP contribution in [-0.4, -0.2) is 52.2 Å². The second kappa shape index (κ2) is 7.23. The van der Waals surface area contributed by atoms with Gasteiger partial charge < -0.3 is 9.47 Å². The molecule has 1 aliphatic rings. The van der Waals surface area contributed by atoms with E-state index in [1.54, 1.807) is 0 Å². The molecule has 0 aromatic carbocycles. The fraction of sp³-hybridized carbons (Fsp3) is 1.00. The highest BCUT2D eigenvalue weighted by Crippen LogP contribution is 2.33. The first-order chi connectivity index (χ1) is 8.17. The van der Waals surface area contributed by atoms with Crippen molar-refractivity contribution in [3.8, 4) is 0 Å². The van der Waals surface area contributed by atoms with E-state index in [1.807, 2.05) is 0 Å². The number of ether oxygens (including phenoxy) is 2. The van der Waals surface area contributed by atoms with Crippen molar-refractivity contribution in [1.29, 1.82) is 0 Å². The lowest BCUT2D eigenvalue weighted by Crippen LogP contribution is -2.45. The van der Waals surface area contributed by atoms with E-state index in [0.29, 0.717) is 19.3 Å². The maximum atomic E-state index is 13.9. The predicted molar refractivity (Wildman–Crippen MR) is 59.7 cm³/mol. The molecule has 0 aromatic rings. The van der Waals surface area contributed by atoms with Crippen molar-refractivity contribution < 1.29 is 23.5 Å². The first kappa shape index (κ1) is 14.8. The van der Waals surface area contributed by atoms with Gasteiger partial charge in [-0.15, -0.1) is 0 Å². The van der Waals surface area contributed by atoms with E-state index in [2.05, 4.69) is 0 Å².